The van der Waals surface area contributed by atoms with Crippen molar-refractivity contribution >= 4 is 15.7 Å². The molecule has 0 saturated carbocycles. The maximum absolute atomic E-state index is 13.1. The molecule has 1 N–H and O–H groups in total. The van der Waals surface area contributed by atoms with Gasteiger partial charge in [-0.15, -0.1) is 0 Å². The fourth-order valence-electron chi connectivity index (χ4n) is 2.92. The summed E-state index contributed by atoms with van der Waals surface area (Å²) in [5, 5.41) is 7.19. The first-order valence-corrected chi connectivity index (χ1v) is 10.5. The van der Waals surface area contributed by atoms with E-state index in [0.717, 1.165) is 17.5 Å². The smallest absolute Gasteiger partial charge is 0.251 e. The van der Waals surface area contributed by atoms with Gasteiger partial charge in [-0.3, -0.25) is 4.79 Å². The first kappa shape index (κ1) is 19.8. The number of rotatable bonds is 5. The van der Waals surface area contributed by atoms with Crippen molar-refractivity contribution in [2.75, 3.05) is 6.26 Å². The number of benzene rings is 2. The third kappa shape index (κ3) is 4.12. The summed E-state index contributed by atoms with van der Waals surface area (Å²) in [5.41, 5.74) is 2.59. The van der Waals surface area contributed by atoms with Crippen LogP contribution in [0.1, 0.15) is 34.6 Å². The van der Waals surface area contributed by atoms with Crippen molar-refractivity contribution in [2.24, 2.45) is 0 Å². The minimum absolute atomic E-state index is 0.0908. The van der Waals surface area contributed by atoms with Gasteiger partial charge in [0.15, 0.2) is 9.84 Å². The van der Waals surface area contributed by atoms with Gasteiger partial charge in [-0.1, -0.05) is 6.07 Å². The van der Waals surface area contributed by atoms with Gasteiger partial charge in [0, 0.05) is 23.1 Å². The van der Waals surface area contributed by atoms with Crippen LogP contribution in [0.25, 0.3) is 5.69 Å². The van der Waals surface area contributed by atoms with Gasteiger partial charge in [0.2, 0.25) is 0 Å². The molecule has 1 heterocycles. The average molecular weight is 401 g/mol. The highest BCUT2D eigenvalue weighted by atomic mass is 32.2. The molecule has 2 aromatic carbocycles. The lowest BCUT2D eigenvalue weighted by atomic mass is 10.1. The molecule has 3 aromatic rings. The lowest BCUT2D eigenvalue weighted by Gasteiger charge is -2.14. The number of sulfone groups is 1. The Morgan fingerprint density at radius 2 is 1.86 bits per heavy atom. The van der Waals surface area contributed by atoms with E-state index in [9.17, 15) is 17.6 Å². The van der Waals surface area contributed by atoms with Crippen LogP contribution in [0, 0.1) is 12.7 Å². The van der Waals surface area contributed by atoms with Crippen LogP contribution in [-0.2, 0) is 9.84 Å². The van der Waals surface area contributed by atoms with Crippen molar-refractivity contribution in [3.8, 4) is 5.69 Å². The summed E-state index contributed by atoms with van der Waals surface area (Å²) in [5.74, 6) is -0.710. The third-order valence-corrected chi connectivity index (χ3v) is 5.57. The SMILES string of the molecule is Cc1c(C(C)NC(=O)c2cccc(S(C)(=O)=O)c2)cnn1-c1ccc(F)cc1. The molecular formula is C20H20FN3O3S. The standard InChI is InChI=1S/C20H20FN3O3S/c1-13(23-20(25)15-5-4-6-18(11-15)28(3,26)27)19-12-22-24(14(19)2)17-9-7-16(21)8-10-17/h4-13H,1-3H3,(H,23,25). The molecule has 0 spiro atoms. The highest BCUT2D eigenvalue weighted by molar-refractivity contribution is 7.90. The summed E-state index contributed by atoms with van der Waals surface area (Å²) in [4.78, 5) is 12.6. The molecule has 0 aliphatic rings. The molecular weight excluding hydrogens is 381 g/mol. The molecule has 28 heavy (non-hydrogen) atoms. The van der Waals surface area contributed by atoms with Crippen LogP contribution < -0.4 is 5.32 Å². The van der Waals surface area contributed by atoms with E-state index in [1.54, 1.807) is 29.1 Å². The van der Waals surface area contributed by atoms with Crippen LogP contribution in [0.5, 0.6) is 0 Å². The van der Waals surface area contributed by atoms with Gasteiger partial charge in [-0.2, -0.15) is 5.10 Å². The van der Waals surface area contributed by atoms with Crippen molar-refractivity contribution in [3.63, 3.8) is 0 Å². The Labute approximate surface area is 162 Å². The predicted molar refractivity (Wildman–Crippen MR) is 104 cm³/mol. The minimum atomic E-state index is -3.40. The fraction of sp³-hybridized carbons (Fsp3) is 0.200. The van der Waals surface area contributed by atoms with E-state index in [4.69, 9.17) is 0 Å². The summed E-state index contributed by atoms with van der Waals surface area (Å²) in [7, 11) is -3.40. The molecule has 0 aliphatic carbocycles. The lowest BCUT2D eigenvalue weighted by Crippen LogP contribution is -2.27. The molecule has 1 amide bonds. The molecule has 0 bridgehead atoms. The van der Waals surface area contributed by atoms with Gasteiger partial charge in [0.05, 0.1) is 22.8 Å². The Kier molecular flexibility index (Phi) is 5.33. The molecule has 0 saturated heterocycles. The Hall–Kier alpha value is -3.00. The molecule has 8 heteroatoms. The van der Waals surface area contributed by atoms with E-state index >= 15 is 0 Å². The second kappa shape index (κ2) is 7.55. The van der Waals surface area contributed by atoms with Crippen LogP contribution >= 0.6 is 0 Å². The number of carbonyl (C=O) groups is 1. The Bertz CT molecular complexity index is 1120. The van der Waals surface area contributed by atoms with Crippen molar-refractivity contribution in [1.29, 1.82) is 0 Å². The molecule has 1 aromatic heterocycles. The zero-order chi connectivity index (χ0) is 20.5. The van der Waals surface area contributed by atoms with E-state index in [1.165, 1.54) is 30.3 Å². The summed E-state index contributed by atoms with van der Waals surface area (Å²) in [6, 6.07) is 11.5. The van der Waals surface area contributed by atoms with Crippen LogP contribution in [0.2, 0.25) is 0 Å². The molecule has 3 rings (SSSR count). The largest absolute Gasteiger partial charge is 0.345 e. The molecule has 1 atom stereocenters. The summed E-state index contributed by atoms with van der Waals surface area (Å²) < 4.78 is 38.2. The fourth-order valence-corrected chi connectivity index (χ4v) is 3.58. The maximum atomic E-state index is 13.1. The van der Waals surface area contributed by atoms with Crippen molar-refractivity contribution < 1.29 is 17.6 Å². The quantitative estimate of drug-likeness (QED) is 0.712. The van der Waals surface area contributed by atoms with Crippen molar-refractivity contribution in [1.82, 2.24) is 15.1 Å². The van der Waals surface area contributed by atoms with Crippen LogP contribution in [0.4, 0.5) is 4.39 Å². The van der Waals surface area contributed by atoms with Crippen LogP contribution in [0.15, 0.2) is 59.6 Å². The zero-order valence-electron chi connectivity index (χ0n) is 15.7. The zero-order valence-corrected chi connectivity index (χ0v) is 16.5. The lowest BCUT2D eigenvalue weighted by molar-refractivity contribution is 0.0939. The van der Waals surface area contributed by atoms with Gasteiger partial charge in [0.25, 0.3) is 5.91 Å². The Balaban J connectivity index is 1.81. The van der Waals surface area contributed by atoms with Gasteiger partial charge < -0.3 is 5.32 Å². The van der Waals surface area contributed by atoms with Gasteiger partial charge in [-0.25, -0.2) is 17.5 Å². The molecule has 0 radical (unpaired) electrons. The monoisotopic (exact) mass is 401 g/mol. The maximum Gasteiger partial charge on any atom is 0.251 e. The van der Waals surface area contributed by atoms with E-state index < -0.39 is 9.84 Å². The summed E-state index contributed by atoms with van der Waals surface area (Å²) >= 11 is 0. The van der Waals surface area contributed by atoms with Crippen molar-refractivity contribution in [3.05, 3.63) is 77.4 Å². The molecule has 1 unspecified atom stereocenters. The molecule has 6 nitrogen and oxygen atoms in total. The number of hydrogen-bond acceptors (Lipinski definition) is 4. The Morgan fingerprint density at radius 3 is 2.50 bits per heavy atom. The number of halogens is 1. The van der Waals surface area contributed by atoms with E-state index in [1.807, 2.05) is 13.8 Å². The van der Waals surface area contributed by atoms with Gasteiger partial charge in [-0.05, 0) is 56.3 Å². The highest BCUT2D eigenvalue weighted by Crippen LogP contribution is 2.21. The Morgan fingerprint density at radius 1 is 1.18 bits per heavy atom. The average Bonchev–Trinajstić information content (AvgIpc) is 3.03. The number of carbonyl (C=O) groups excluding carboxylic acids is 1. The normalized spacial score (nSPS) is 12.6. The van der Waals surface area contributed by atoms with Crippen molar-refractivity contribution in [2.45, 2.75) is 24.8 Å². The summed E-state index contributed by atoms with van der Waals surface area (Å²) in [6.45, 7) is 3.68. The van der Waals surface area contributed by atoms with Crippen LogP contribution in [0.3, 0.4) is 0 Å². The molecule has 146 valence electrons. The first-order chi connectivity index (χ1) is 13.2. The van der Waals surface area contributed by atoms with E-state index in [-0.39, 0.29) is 28.2 Å². The van der Waals surface area contributed by atoms with E-state index in [0.29, 0.717) is 5.69 Å². The first-order valence-electron chi connectivity index (χ1n) is 8.58. The van der Waals surface area contributed by atoms with Gasteiger partial charge >= 0.3 is 0 Å². The number of hydrogen-bond donors (Lipinski definition) is 1. The third-order valence-electron chi connectivity index (χ3n) is 4.46. The number of aromatic nitrogens is 2. The molecule has 0 fully saturated rings. The predicted octanol–water partition coefficient (Wildman–Crippen LogP) is 3.21. The second-order valence-corrected chi connectivity index (χ2v) is 8.58. The minimum Gasteiger partial charge on any atom is -0.345 e. The number of nitrogens with one attached hydrogen (secondary N) is 1. The topological polar surface area (TPSA) is 81.1 Å². The van der Waals surface area contributed by atoms with E-state index in [2.05, 4.69) is 10.4 Å². The highest BCUT2D eigenvalue weighted by Gasteiger charge is 2.18. The summed E-state index contributed by atoms with van der Waals surface area (Å²) in [6.07, 6.45) is 2.75. The van der Waals surface area contributed by atoms with Gasteiger partial charge in [0.1, 0.15) is 5.82 Å². The van der Waals surface area contributed by atoms with Crippen LogP contribution in [-0.4, -0.2) is 30.4 Å². The second-order valence-electron chi connectivity index (χ2n) is 6.57. The molecule has 0 aliphatic heterocycles. The number of amides is 1. The number of nitrogens with zero attached hydrogens (tertiary/aromatic N) is 2.